The fraction of sp³-hybridized carbons (Fsp3) is 0.250. The number of fused-ring (bicyclic) bond motifs is 1. The van der Waals surface area contributed by atoms with Crippen LogP contribution in [-0.2, 0) is 6.54 Å². The molecule has 0 spiro atoms. The number of piperidine rings is 1. The molecule has 1 N–H and O–H groups in total. The Kier molecular flexibility index (Phi) is 5.15. The van der Waals surface area contributed by atoms with Crippen molar-refractivity contribution in [1.29, 1.82) is 0 Å². The first-order chi connectivity index (χ1) is 14.7. The zero-order valence-corrected chi connectivity index (χ0v) is 16.7. The highest BCUT2D eigenvalue weighted by Gasteiger charge is 2.24. The number of para-hydroxylation sites is 1. The average molecular weight is 401 g/mol. The molecule has 1 fully saturated rings. The molecule has 2 aromatic heterocycles. The van der Waals surface area contributed by atoms with Gasteiger partial charge in [-0.25, -0.2) is 13.9 Å². The van der Waals surface area contributed by atoms with Gasteiger partial charge in [-0.3, -0.25) is 4.90 Å². The van der Waals surface area contributed by atoms with Crippen LogP contribution in [-0.4, -0.2) is 32.6 Å². The fourth-order valence-electron chi connectivity index (χ4n) is 4.03. The number of rotatable bonds is 5. The number of hydrogen-bond donors (Lipinski definition) is 1. The number of benzene rings is 2. The normalized spacial score (nSPS) is 15.5. The van der Waals surface area contributed by atoms with Crippen molar-refractivity contribution in [3.8, 4) is 0 Å². The van der Waals surface area contributed by atoms with E-state index in [0.717, 1.165) is 60.9 Å². The van der Waals surface area contributed by atoms with Crippen LogP contribution in [0.2, 0.25) is 0 Å². The topological polar surface area (TPSA) is 45.5 Å². The summed E-state index contributed by atoms with van der Waals surface area (Å²) in [4.78, 5) is 7.19. The summed E-state index contributed by atoms with van der Waals surface area (Å²) < 4.78 is 15.0. The quantitative estimate of drug-likeness (QED) is 0.512. The van der Waals surface area contributed by atoms with Gasteiger partial charge in [0.25, 0.3) is 0 Å². The Labute approximate surface area is 175 Å². The van der Waals surface area contributed by atoms with E-state index in [1.54, 1.807) is 0 Å². The molecule has 0 unspecified atom stereocenters. The van der Waals surface area contributed by atoms with Crippen LogP contribution in [0.4, 0.5) is 15.8 Å². The smallest absolute Gasteiger partial charge is 0.155 e. The molecule has 5 nitrogen and oxygen atoms in total. The van der Waals surface area contributed by atoms with E-state index in [-0.39, 0.29) is 5.82 Å². The van der Waals surface area contributed by atoms with Crippen LogP contribution in [0.1, 0.15) is 30.1 Å². The Hall–Kier alpha value is -3.25. The van der Waals surface area contributed by atoms with Crippen molar-refractivity contribution in [2.45, 2.75) is 25.3 Å². The Morgan fingerprint density at radius 1 is 0.900 bits per heavy atom. The Morgan fingerprint density at radius 2 is 1.67 bits per heavy atom. The molecule has 3 heterocycles. The van der Waals surface area contributed by atoms with E-state index in [1.165, 1.54) is 12.1 Å². The van der Waals surface area contributed by atoms with Gasteiger partial charge in [0.1, 0.15) is 5.82 Å². The van der Waals surface area contributed by atoms with Crippen molar-refractivity contribution in [2.75, 3.05) is 18.4 Å². The van der Waals surface area contributed by atoms with Gasteiger partial charge in [-0.2, -0.15) is 5.10 Å². The number of hydrogen-bond acceptors (Lipinski definition) is 4. The molecule has 0 atom stereocenters. The number of halogens is 1. The van der Waals surface area contributed by atoms with Crippen LogP contribution >= 0.6 is 0 Å². The van der Waals surface area contributed by atoms with Crippen molar-refractivity contribution in [3.63, 3.8) is 0 Å². The minimum Gasteiger partial charge on any atom is -0.354 e. The number of nitrogens with zero attached hydrogens (tertiary/aromatic N) is 4. The van der Waals surface area contributed by atoms with Crippen molar-refractivity contribution in [3.05, 3.63) is 90.1 Å². The Balaban J connectivity index is 1.23. The second kappa shape index (κ2) is 8.24. The number of aromatic nitrogens is 3. The summed E-state index contributed by atoms with van der Waals surface area (Å²) in [6.07, 6.45) is 4.06. The Morgan fingerprint density at radius 3 is 2.43 bits per heavy atom. The van der Waals surface area contributed by atoms with Crippen molar-refractivity contribution < 1.29 is 4.39 Å². The molecule has 5 rings (SSSR count). The molecule has 152 valence electrons. The molecule has 30 heavy (non-hydrogen) atoms. The largest absolute Gasteiger partial charge is 0.354 e. The fourth-order valence-corrected chi connectivity index (χ4v) is 4.03. The minimum atomic E-state index is -0.183. The molecular weight excluding hydrogens is 377 g/mol. The highest BCUT2D eigenvalue weighted by molar-refractivity contribution is 5.60. The summed E-state index contributed by atoms with van der Waals surface area (Å²) in [6, 6.07) is 20.9. The third kappa shape index (κ3) is 4.19. The lowest BCUT2D eigenvalue weighted by atomic mass is 9.96. The van der Waals surface area contributed by atoms with Crippen LogP contribution < -0.4 is 5.32 Å². The van der Waals surface area contributed by atoms with Gasteiger partial charge in [0.15, 0.2) is 11.5 Å². The van der Waals surface area contributed by atoms with Crippen LogP contribution in [0.3, 0.4) is 0 Å². The molecule has 6 heteroatoms. The summed E-state index contributed by atoms with van der Waals surface area (Å²) in [5.41, 5.74) is 4.06. The third-order valence-electron chi connectivity index (χ3n) is 5.68. The van der Waals surface area contributed by atoms with Gasteiger partial charge in [0, 0.05) is 18.2 Å². The van der Waals surface area contributed by atoms with E-state index in [4.69, 9.17) is 10.1 Å². The monoisotopic (exact) mass is 401 g/mol. The zero-order chi connectivity index (χ0) is 20.3. The number of likely N-dealkylation sites (tertiary alicyclic amines) is 1. The van der Waals surface area contributed by atoms with Crippen molar-refractivity contribution in [2.24, 2.45) is 0 Å². The standard InChI is InChI=1S/C24H24FN5/c25-20-8-6-18(7-9-20)16-29-14-12-19(13-15-29)24-27-23-11-10-22(17-30(23)28-24)26-21-4-2-1-3-5-21/h1-11,17,19,26H,12-16H2. The third-order valence-corrected chi connectivity index (χ3v) is 5.68. The molecular formula is C24H24FN5. The first-order valence-corrected chi connectivity index (χ1v) is 10.4. The van der Waals surface area contributed by atoms with Crippen LogP contribution in [0.25, 0.3) is 5.65 Å². The van der Waals surface area contributed by atoms with E-state index >= 15 is 0 Å². The summed E-state index contributed by atoms with van der Waals surface area (Å²) in [6.45, 7) is 2.86. The first-order valence-electron chi connectivity index (χ1n) is 10.4. The van der Waals surface area contributed by atoms with E-state index in [0.29, 0.717) is 5.92 Å². The van der Waals surface area contributed by atoms with Crippen molar-refractivity contribution in [1.82, 2.24) is 19.5 Å². The molecule has 1 aliphatic rings. The number of pyridine rings is 1. The second-order valence-electron chi connectivity index (χ2n) is 7.86. The molecule has 0 aliphatic carbocycles. The SMILES string of the molecule is Fc1ccc(CN2CCC(c3nc4ccc(Nc5ccccc5)cn4n3)CC2)cc1. The lowest BCUT2D eigenvalue weighted by molar-refractivity contribution is 0.201. The maximum absolute atomic E-state index is 13.1. The van der Waals surface area contributed by atoms with E-state index < -0.39 is 0 Å². The number of anilines is 2. The summed E-state index contributed by atoms with van der Waals surface area (Å²) in [5.74, 6) is 1.12. The Bertz CT molecular complexity index is 1120. The summed E-state index contributed by atoms with van der Waals surface area (Å²) in [7, 11) is 0. The maximum Gasteiger partial charge on any atom is 0.155 e. The van der Waals surface area contributed by atoms with Gasteiger partial charge < -0.3 is 5.32 Å². The zero-order valence-electron chi connectivity index (χ0n) is 16.7. The highest BCUT2D eigenvalue weighted by Crippen LogP contribution is 2.27. The molecule has 0 saturated carbocycles. The molecule has 4 aromatic rings. The van der Waals surface area contributed by atoms with E-state index in [2.05, 4.69) is 10.2 Å². The molecule has 1 aliphatic heterocycles. The van der Waals surface area contributed by atoms with E-state index in [1.807, 2.05) is 65.3 Å². The molecule has 0 radical (unpaired) electrons. The van der Waals surface area contributed by atoms with Crippen LogP contribution in [0.5, 0.6) is 0 Å². The summed E-state index contributed by atoms with van der Waals surface area (Å²) in [5, 5.41) is 8.16. The predicted octanol–water partition coefficient (Wildman–Crippen LogP) is 4.99. The van der Waals surface area contributed by atoms with Gasteiger partial charge in [-0.05, 0) is 67.9 Å². The van der Waals surface area contributed by atoms with Crippen molar-refractivity contribution >= 4 is 17.0 Å². The lowest BCUT2D eigenvalue weighted by Crippen LogP contribution is -2.32. The van der Waals surface area contributed by atoms with Gasteiger partial charge in [0.2, 0.25) is 0 Å². The molecule has 0 amide bonds. The van der Waals surface area contributed by atoms with Gasteiger partial charge >= 0.3 is 0 Å². The minimum absolute atomic E-state index is 0.183. The van der Waals surface area contributed by atoms with Gasteiger partial charge in [0.05, 0.1) is 11.9 Å². The van der Waals surface area contributed by atoms with E-state index in [9.17, 15) is 4.39 Å². The summed E-state index contributed by atoms with van der Waals surface area (Å²) >= 11 is 0. The number of nitrogens with one attached hydrogen (secondary N) is 1. The predicted molar refractivity (Wildman–Crippen MR) is 116 cm³/mol. The highest BCUT2D eigenvalue weighted by atomic mass is 19.1. The molecule has 0 bridgehead atoms. The lowest BCUT2D eigenvalue weighted by Gasteiger charge is -2.30. The molecule has 1 saturated heterocycles. The van der Waals surface area contributed by atoms with Crippen LogP contribution in [0, 0.1) is 5.82 Å². The first kappa shape index (κ1) is 18.8. The molecule has 2 aromatic carbocycles. The second-order valence-corrected chi connectivity index (χ2v) is 7.86. The van der Waals surface area contributed by atoms with Crippen LogP contribution in [0.15, 0.2) is 72.9 Å². The van der Waals surface area contributed by atoms with Gasteiger partial charge in [-0.1, -0.05) is 30.3 Å². The maximum atomic E-state index is 13.1. The van der Waals surface area contributed by atoms with Gasteiger partial charge in [-0.15, -0.1) is 0 Å². The average Bonchev–Trinajstić information content (AvgIpc) is 3.20.